The highest BCUT2D eigenvalue weighted by atomic mass is 16.5. The van der Waals surface area contributed by atoms with Gasteiger partial charge in [-0.05, 0) is 24.5 Å². The number of rotatable bonds is 7. The number of hydrogen-bond acceptors (Lipinski definition) is 3. The van der Waals surface area contributed by atoms with Crippen molar-refractivity contribution in [3.63, 3.8) is 0 Å². The Morgan fingerprint density at radius 2 is 2.00 bits per heavy atom. The van der Waals surface area contributed by atoms with Gasteiger partial charge < -0.3 is 14.7 Å². The summed E-state index contributed by atoms with van der Waals surface area (Å²) < 4.78 is 5.28. The maximum absolute atomic E-state index is 12.1. The van der Waals surface area contributed by atoms with Crippen molar-refractivity contribution < 1.29 is 19.4 Å². The Morgan fingerprint density at radius 1 is 1.35 bits per heavy atom. The average molecular weight is 279 g/mol. The largest absolute Gasteiger partial charge is 0.496 e. The third-order valence-electron chi connectivity index (χ3n) is 3.21. The summed E-state index contributed by atoms with van der Waals surface area (Å²) >= 11 is 0. The van der Waals surface area contributed by atoms with E-state index in [-0.39, 0.29) is 24.8 Å². The molecule has 0 spiro atoms. The van der Waals surface area contributed by atoms with Crippen LogP contribution in [-0.4, -0.2) is 42.1 Å². The molecule has 20 heavy (non-hydrogen) atoms. The number of methoxy groups -OCH3 is 1. The summed E-state index contributed by atoms with van der Waals surface area (Å²) in [7, 11) is 1.59. The lowest BCUT2D eigenvalue weighted by Crippen LogP contribution is -2.36. The van der Waals surface area contributed by atoms with Crippen molar-refractivity contribution >= 4 is 11.9 Å². The second-order valence-electron chi connectivity index (χ2n) is 4.65. The standard InChI is InChI=1S/C15H21NO4/c1-4-16(10-15(18)19)14(17)9-11(2)12-7-5-6-8-13(12)20-3/h5-8,11H,4,9-10H2,1-3H3,(H,18,19). The normalized spacial score (nSPS) is 11.8. The van der Waals surface area contributed by atoms with Crippen LogP contribution in [0.4, 0.5) is 0 Å². The van der Waals surface area contributed by atoms with E-state index in [1.165, 1.54) is 4.90 Å². The highest BCUT2D eigenvalue weighted by Gasteiger charge is 2.20. The summed E-state index contributed by atoms with van der Waals surface area (Å²) in [6.45, 7) is 3.84. The van der Waals surface area contributed by atoms with Crippen molar-refractivity contribution in [2.75, 3.05) is 20.2 Å². The van der Waals surface area contributed by atoms with Crippen molar-refractivity contribution in [1.82, 2.24) is 4.90 Å². The molecule has 1 rings (SSSR count). The SMILES string of the molecule is CCN(CC(=O)O)C(=O)CC(C)c1ccccc1OC. The lowest BCUT2D eigenvalue weighted by Gasteiger charge is -2.21. The van der Waals surface area contributed by atoms with Crippen molar-refractivity contribution in [1.29, 1.82) is 0 Å². The molecule has 0 aromatic heterocycles. The number of carboxylic acid groups (broad SMARTS) is 1. The van der Waals surface area contributed by atoms with Crippen LogP contribution in [-0.2, 0) is 9.59 Å². The van der Waals surface area contributed by atoms with Crippen LogP contribution in [0.15, 0.2) is 24.3 Å². The van der Waals surface area contributed by atoms with Gasteiger partial charge in [0.1, 0.15) is 12.3 Å². The Labute approximate surface area is 119 Å². The summed E-state index contributed by atoms with van der Waals surface area (Å²) in [6, 6.07) is 7.54. The molecule has 5 nitrogen and oxygen atoms in total. The number of amides is 1. The fraction of sp³-hybridized carbons (Fsp3) is 0.467. The van der Waals surface area contributed by atoms with E-state index < -0.39 is 5.97 Å². The molecule has 0 heterocycles. The van der Waals surface area contributed by atoms with Gasteiger partial charge in [-0.25, -0.2) is 0 Å². The quantitative estimate of drug-likeness (QED) is 0.830. The Bertz CT molecular complexity index is 473. The monoisotopic (exact) mass is 279 g/mol. The summed E-state index contributed by atoms with van der Waals surface area (Å²) in [4.78, 5) is 24.2. The molecule has 1 unspecified atom stereocenters. The van der Waals surface area contributed by atoms with Gasteiger partial charge in [0.2, 0.25) is 5.91 Å². The molecule has 0 saturated carbocycles. The first-order valence-corrected chi connectivity index (χ1v) is 6.62. The Hall–Kier alpha value is -2.04. The van der Waals surface area contributed by atoms with E-state index in [4.69, 9.17) is 9.84 Å². The van der Waals surface area contributed by atoms with Crippen LogP contribution >= 0.6 is 0 Å². The van der Waals surface area contributed by atoms with Gasteiger partial charge >= 0.3 is 5.97 Å². The summed E-state index contributed by atoms with van der Waals surface area (Å²) in [5, 5.41) is 8.78. The molecule has 1 amide bonds. The van der Waals surface area contributed by atoms with Crippen molar-refractivity contribution in [2.45, 2.75) is 26.2 Å². The number of para-hydroxylation sites is 1. The molecule has 0 radical (unpaired) electrons. The zero-order valence-corrected chi connectivity index (χ0v) is 12.1. The molecule has 0 aliphatic heterocycles. The lowest BCUT2D eigenvalue weighted by atomic mass is 9.96. The zero-order valence-electron chi connectivity index (χ0n) is 12.1. The third-order valence-corrected chi connectivity index (χ3v) is 3.21. The number of nitrogens with zero attached hydrogens (tertiary/aromatic N) is 1. The van der Waals surface area contributed by atoms with Gasteiger partial charge in [0.05, 0.1) is 7.11 Å². The smallest absolute Gasteiger partial charge is 0.323 e. The Morgan fingerprint density at radius 3 is 2.55 bits per heavy atom. The maximum Gasteiger partial charge on any atom is 0.323 e. The van der Waals surface area contributed by atoms with Crippen LogP contribution in [0.1, 0.15) is 31.7 Å². The molecule has 5 heteroatoms. The van der Waals surface area contributed by atoms with Crippen LogP contribution in [0.5, 0.6) is 5.75 Å². The van der Waals surface area contributed by atoms with Crippen molar-refractivity contribution in [2.24, 2.45) is 0 Å². The number of ether oxygens (including phenoxy) is 1. The summed E-state index contributed by atoms with van der Waals surface area (Å²) in [5.74, 6) is -0.436. The van der Waals surface area contributed by atoms with E-state index in [1.807, 2.05) is 31.2 Å². The number of benzene rings is 1. The van der Waals surface area contributed by atoms with Crippen LogP contribution in [0.3, 0.4) is 0 Å². The number of aliphatic carboxylic acids is 1. The number of carbonyl (C=O) groups excluding carboxylic acids is 1. The molecule has 0 aliphatic rings. The number of carboxylic acids is 1. The maximum atomic E-state index is 12.1. The topological polar surface area (TPSA) is 66.8 Å². The first-order chi connectivity index (χ1) is 9.49. The van der Waals surface area contributed by atoms with E-state index in [1.54, 1.807) is 14.0 Å². The first-order valence-electron chi connectivity index (χ1n) is 6.62. The van der Waals surface area contributed by atoms with Gasteiger partial charge in [-0.1, -0.05) is 25.1 Å². The molecule has 1 aromatic rings. The third kappa shape index (κ3) is 4.26. The second kappa shape index (κ2) is 7.53. The number of likely N-dealkylation sites (N-methyl/N-ethyl adjacent to an activating group) is 1. The highest BCUT2D eigenvalue weighted by Crippen LogP contribution is 2.28. The van der Waals surface area contributed by atoms with Gasteiger partial charge in [-0.3, -0.25) is 9.59 Å². The summed E-state index contributed by atoms with van der Waals surface area (Å²) in [6.07, 6.45) is 0.265. The molecule has 0 bridgehead atoms. The predicted molar refractivity (Wildman–Crippen MR) is 75.9 cm³/mol. The minimum atomic E-state index is -0.995. The van der Waals surface area contributed by atoms with E-state index in [0.29, 0.717) is 6.54 Å². The highest BCUT2D eigenvalue weighted by molar-refractivity contribution is 5.81. The Kier molecular flexibility index (Phi) is 6.03. The van der Waals surface area contributed by atoms with E-state index in [9.17, 15) is 9.59 Å². The minimum Gasteiger partial charge on any atom is -0.496 e. The predicted octanol–water partition coefficient (Wildman–Crippen LogP) is 2.12. The van der Waals surface area contributed by atoms with E-state index in [2.05, 4.69) is 0 Å². The van der Waals surface area contributed by atoms with Gasteiger partial charge in [0.15, 0.2) is 0 Å². The van der Waals surface area contributed by atoms with E-state index in [0.717, 1.165) is 11.3 Å². The summed E-state index contributed by atoms with van der Waals surface area (Å²) in [5.41, 5.74) is 0.953. The molecule has 0 aliphatic carbocycles. The van der Waals surface area contributed by atoms with Gasteiger partial charge in [-0.15, -0.1) is 0 Å². The first kappa shape index (κ1) is 16.0. The van der Waals surface area contributed by atoms with Crippen molar-refractivity contribution in [3.05, 3.63) is 29.8 Å². The molecule has 1 N–H and O–H groups in total. The van der Waals surface area contributed by atoms with Gasteiger partial charge in [0.25, 0.3) is 0 Å². The molecule has 0 fully saturated rings. The fourth-order valence-corrected chi connectivity index (χ4v) is 2.11. The second-order valence-corrected chi connectivity index (χ2v) is 4.65. The molecule has 1 aromatic carbocycles. The van der Waals surface area contributed by atoms with Crippen molar-refractivity contribution in [3.8, 4) is 5.75 Å². The van der Waals surface area contributed by atoms with Crippen LogP contribution in [0.25, 0.3) is 0 Å². The van der Waals surface area contributed by atoms with Crippen LogP contribution in [0, 0.1) is 0 Å². The average Bonchev–Trinajstić information content (AvgIpc) is 2.44. The minimum absolute atomic E-state index is 0.0264. The zero-order chi connectivity index (χ0) is 15.1. The van der Waals surface area contributed by atoms with Crippen LogP contribution in [0.2, 0.25) is 0 Å². The fourth-order valence-electron chi connectivity index (χ4n) is 2.11. The van der Waals surface area contributed by atoms with Gasteiger partial charge in [0, 0.05) is 13.0 Å². The Balaban J connectivity index is 2.76. The van der Waals surface area contributed by atoms with E-state index >= 15 is 0 Å². The molecular weight excluding hydrogens is 258 g/mol. The number of hydrogen-bond donors (Lipinski definition) is 1. The molecule has 1 atom stereocenters. The van der Waals surface area contributed by atoms with Crippen LogP contribution < -0.4 is 4.74 Å². The van der Waals surface area contributed by atoms with Gasteiger partial charge in [-0.2, -0.15) is 0 Å². The molecule has 110 valence electrons. The number of carbonyl (C=O) groups is 2. The lowest BCUT2D eigenvalue weighted by molar-refractivity contribution is -0.144. The molecular formula is C15H21NO4. The molecule has 0 saturated heterocycles.